The molecule has 0 radical (unpaired) electrons. The summed E-state index contributed by atoms with van der Waals surface area (Å²) in [6.07, 6.45) is 1.63. The molecule has 0 saturated carbocycles. The van der Waals surface area contributed by atoms with Gasteiger partial charge in [-0.2, -0.15) is 5.10 Å². The van der Waals surface area contributed by atoms with E-state index in [4.69, 9.17) is 0 Å². The number of hydrogen-bond acceptors (Lipinski definition) is 3. The second-order valence-corrected chi connectivity index (χ2v) is 5.83. The number of aromatic nitrogens is 3. The Hall–Kier alpha value is -3.41. The van der Waals surface area contributed by atoms with E-state index < -0.39 is 0 Å². The normalized spacial score (nSPS) is 11.0. The molecule has 0 spiro atoms. The molecule has 0 unspecified atom stereocenters. The number of amides is 1. The zero-order valence-electron chi connectivity index (χ0n) is 13.4. The highest BCUT2D eigenvalue weighted by Gasteiger charge is 2.12. The molecule has 0 fully saturated rings. The van der Waals surface area contributed by atoms with Crippen molar-refractivity contribution in [2.75, 3.05) is 0 Å². The maximum atomic E-state index is 12.6. The van der Waals surface area contributed by atoms with Crippen molar-refractivity contribution in [1.82, 2.24) is 20.1 Å². The van der Waals surface area contributed by atoms with Crippen LogP contribution in [0.3, 0.4) is 0 Å². The van der Waals surface area contributed by atoms with Gasteiger partial charge in [0.05, 0.1) is 6.20 Å². The highest BCUT2D eigenvalue weighted by molar-refractivity contribution is 6.06. The molecule has 0 bridgehead atoms. The van der Waals surface area contributed by atoms with E-state index in [9.17, 15) is 9.59 Å². The molecule has 25 heavy (non-hydrogen) atoms. The highest BCUT2D eigenvalue weighted by Crippen LogP contribution is 2.21. The number of carbonyl (C=O) groups is 1. The van der Waals surface area contributed by atoms with Crippen molar-refractivity contribution in [1.29, 1.82) is 0 Å². The maximum Gasteiger partial charge on any atom is 0.291 e. The van der Waals surface area contributed by atoms with Crippen molar-refractivity contribution >= 4 is 27.7 Å². The molecule has 0 atom stereocenters. The number of nitrogens with zero attached hydrogens (tertiary/aromatic N) is 2. The summed E-state index contributed by atoms with van der Waals surface area (Å²) >= 11 is 0. The first-order chi connectivity index (χ1) is 12.2. The summed E-state index contributed by atoms with van der Waals surface area (Å²) in [6, 6.07) is 17.3. The summed E-state index contributed by atoms with van der Waals surface area (Å²) in [5, 5.41) is 8.66. The minimum absolute atomic E-state index is 0.114. The third-order valence-electron chi connectivity index (χ3n) is 4.15. The van der Waals surface area contributed by atoms with Crippen molar-refractivity contribution in [3.63, 3.8) is 0 Å². The van der Waals surface area contributed by atoms with E-state index in [0.717, 1.165) is 21.9 Å². The van der Waals surface area contributed by atoms with Gasteiger partial charge in [-0.15, -0.1) is 0 Å². The molecule has 2 N–H and O–H groups in total. The molecular formula is C19H16N4O2. The largest absolute Gasteiger partial charge is 0.350 e. The second kappa shape index (κ2) is 6.24. The Balaban J connectivity index is 1.57. The standard InChI is InChI=1S/C19H16N4O2/c24-17(20-10-13-6-2-1-3-7-13)12-23-19(25)18-15(11-21-23)14-8-4-5-9-16(14)22-18/h1-9,11,22H,10,12H2,(H,20,24). The lowest BCUT2D eigenvalue weighted by atomic mass is 10.2. The van der Waals surface area contributed by atoms with Crippen LogP contribution in [0.25, 0.3) is 21.8 Å². The summed E-state index contributed by atoms with van der Waals surface area (Å²) in [6.45, 7) is 0.306. The number of carbonyl (C=O) groups excluding carboxylic acids is 1. The number of para-hydroxylation sites is 1. The molecule has 2 aromatic carbocycles. The Morgan fingerprint density at radius 2 is 1.80 bits per heavy atom. The number of rotatable bonds is 4. The van der Waals surface area contributed by atoms with Crippen LogP contribution < -0.4 is 10.9 Å². The molecule has 2 aromatic heterocycles. The van der Waals surface area contributed by atoms with Gasteiger partial charge < -0.3 is 10.3 Å². The summed E-state index contributed by atoms with van der Waals surface area (Å²) in [4.78, 5) is 27.8. The van der Waals surface area contributed by atoms with Gasteiger partial charge in [0.1, 0.15) is 12.1 Å². The lowest BCUT2D eigenvalue weighted by molar-refractivity contribution is -0.122. The molecule has 6 heteroatoms. The van der Waals surface area contributed by atoms with Crippen LogP contribution in [0.5, 0.6) is 0 Å². The van der Waals surface area contributed by atoms with Gasteiger partial charge in [0.2, 0.25) is 5.91 Å². The molecule has 2 heterocycles. The molecular weight excluding hydrogens is 316 g/mol. The number of benzene rings is 2. The van der Waals surface area contributed by atoms with E-state index in [-0.39, 0.29) is 18.0 Å². The molecule has 6 nitrogen and oxygen atoms in total. The molecule has 1 amide bonds. The first kappa shape index (κ1) is 15.1. The van der Waals surface area contributed by atoms with Gasteiger partial charge >= 0.3 is 0 Å². The van der Waals surface area contributed by atoms with Gasteiger partial charge in [-0.25, -0.2) is 4.68 Å². The molecule has 0 aliphatic heterocycles. The Morgan fingerprint density at radius 3 is 2.64 bits per heavy atom. The Labute approximate surface area is 143 Å². The quantitative estimate of drug-likeness (QED) is 0.601. The van der Waals surface area contributed by atoms with Crippen LogP contribution in [0.1, 0.15) is 5.56 Å². The van der Waals surface area contributed by atoms with Crippen molar-refractivity contribution in [3.8, 4) is 0 Å². The zero-order chi connectivity index (χ0) is 17.2. The summed E-state index contributed by atoms with van der Waals surface area (Å²) in [5.74, 6) is -0.256. The minimum Gasteiger partial charge on any atom is -0.350 e. The van der Waals surface area contributed by atoms with E-state index in [0.29, 0.717) is 12.1 Å². The highest BCUT2D eigenvalue weighted by atomic mass is 16.2. The molecule has 124 valence electrons. The smallest absolute Gasteiger partial charge is 0.291 e. The Morgan fingerprint density at radius 1 is 1.04 bits per heavy atom. The van der Waals surface area contributed by atoms with E-state index in [1.807, 2.05) is 54.6 Å². The van der Waals surface area contributed by atoms with Gasteiger partial charge in [-0.05, 0) is 11.6 Å². The molecule has 0 aliphatic rings. The Kier molecular flexibility index (Phi) is 3.78. The SMILES string of the molecule is O=C(Cn1ncc2c([nH]c3ccccc32)c1=O)NCc1ccccc1. The molecule has 0 aliphatic carbocycles. The number of hydrogen-bond donors (Lipinski definition) is 2. The number of fused-ring (bicyclic) bond motifs is 3. The summed E-state index contributed by atoms with van der Waals surface area (Å²) < 4.78 is 1.18. The van der Waals surface area contributed by atoms with E-state index in [1.54, 1.807) is 6.20 Å². The fraction of sp³-hybridized carbons (Fsp3) is 0.105. The lowest BCUT2D eigenvalue weighted by Gasteiger charge is -2.06. The van der Waals surface area contributed by atoms with E-state index >= 15 is 0 Å². The van der Waals surface area contributed by atoms with E-state index in [1.165, 1.54) is 4.68 Å². The zero-order valence-corrected chi connectivity index (χ0v) is 13.4. The first-order valence-electron chi connectivity index (χ1n) is 7.99. The van der Waals surface area contributed by atoms with Gasteiger partial charge in [0.15, 0.2) is 0 Å². The lowest BCUT2D eigenvalue weighted by Crippen LogP contribution is -2.33. The van der Waals surface area contributed by atoms with Crippen molar-refractivity contribution < 1.29 is 4.79 Å². The summed E-state index contributed by atoms with van der Waals surface area (Å²) in [5.41, 5.74) is 2.04. The molecule has 4 rings (SSSR count). The second-order valence-electron chi connectivity index (χ2n) is 5.83. The molecule has 0 saturated heterocycles. The average molecular weight is 332 g/mol. The Bertz CT molecular complexity index is 1110. The maximum absolute atomic E-state index is 12.6. The minimum atomic E-state index is -0.302. The van der Waals surface area contributed by atoms with Crippen LogP contribution in [-0.2, 0) is 17.9 Å². The van der Waals surface area contributed by atoms with E-state index in [2.05, 4.69) is 15.4 Å². The van der Waals surface area contributed by atoms with Crippen LogP contribution in [0.4, 0.5) is 0 Å². The van der Waals surface area contributed by atoms with Crippen molar-refractivity contribution in [3.05, 3.63) is 76.7 Å². The van der Waals surface area contributed by atoms with Gasteiger partial charge in [0.25, 0.3) is 5.56 Å². The van der Waals surface area contributed by atoms with Crippen LogP contribution in [0.15, 0.2) is 65.6 Å². The van der Waals surface area contributed by atoms with Crippen LogP contribution in [0, 0.1) is 0 Å². The number of H-pyrrole nitrogens is 1. The predicted octanol–water partition coefficient (Wildman–Crippen LogP) is 2.19. The number of aromatic amines is 1. The average Bonchev–Trinajstić information content (AvgIpc) is 3.03. The first-order valence-corrected chi connectivity index (χ1v) is 7.99. The number of nitrogens with one attached hydrogen (secondary N) is 2. The van der Waals surface area contributed by atoms with Crippen molar-refractivity contribution in [2.45, 2.75) is 13.1 Å². The molecule has 4 aromatic rings. The third-order valence-corrected chi connectivity index (χ3v) is 4.15. The van der Waals surface area contributed by atoms with Crippen LogP contribution in [-0.4, -0.2) is 20.7 Å². The summed E-state index contributed by atoms with van der Waals surface area (Å²) in [7, 11) is 0. The monoisotopic (exact) mass is 332 g/mol. The third kappa shape index (κ3) is 2.89. The van der Waals surface area contributed by atoms with Crippen LogP contribution in [0.2, 0.25) is 0 Å². The van der Waals surface area contributed by atoms with Gasteiger partial charge in [-0.1, -0.05) is 48.5 Å². The van der Waals surface area contributed by atoms with Crippen molar-refractivity contribution in [2.24, 2.45) is 0 Å². The fourth-order valence-electron chi connectivity index (χ4n) is 2.88. The van der Waals surface area contributed by atoms with Gasteiger partial charge in [0, 0.05) is 22.8 Å². The predicted molar refractivity (Wildman–Crippen MR) is 96.1 cm³/mol. The fourth-order valence-corrected chi connectivity index (χ4v) is 2.88. The topological polar surface area (TPSA) is 79.8 Å². The van der Waals surface area contributed by atoms with Gasteiger partial charge in [-0.3, -0.25) is 9.59 Å². The van der Waals surface area contributed by atoms with Crippen LogP contribution >= 0.6 is 0 Å².